The molecule has 1 aliphatic heterocycles. The Morgan fingerprint density at radius 2 is 1.80 bits per heavy atom. The summed E-state index contributed by atoms with van der Waals surface area (Å²) in [5, 5.41) is 0. The molecular formula is C13H14O2. The van der Waals surface area contributed by atoms with Crippen LogP contribution >= 0.6 is 0 Å². The standard InChI is InChI=1S/C13H14O2/c1-2-4-12-11(3-1)14-13(15-12)8-9-5-6-10(13)7-9/h1-4,9-10H,5-8H2. The van der Waals surface area contributed by atoms with E-state index in [0.29, 0.717) is 5.92 Å². The number of fused-ring (bicyclic) bond motifs is 4. The molecule has 1 heterocycles. The quantitative estimate of drug-likeness (QED) is 0.644. The summed E-state index contributed by atoms with van der Waals surface area (Å²) in [5.74, 6) is 3.04. The lowest BCUT2D eigenvalue weighted by Crippen LogP contribution is -2.43. The van der Waals surface area contributed by atoms with Gasteiger partial charge in [-0.05, 0) is 37.3 Å². The zero-order valence-corrected chi connectivity index (χ0v) is 8.61. The zero-order chi connectivity index (χ0) is 9.88. The van der Waals surface area contributed by atoms with E-state index >= 15 is 0 Å². The van der Waals surface area contributed by atoms with Crippen molar-refractivity contribution in [3.63, 3.8) is 0 Å². The fraction of sp³-hybridized carbons (Fsp3) is 0.538. The summed E-state index contributed by atoms with van der Waals surface area (Å²) < 4.78 is 12.1. The van der Waals surface area contributed by atoms with E-state index in [2.05, 4.69) is 0 Å². The Morgan fingerprint density at radius 1 is 1.07 bits per heavy atom. The van der Waals surface area contributed by atoms with Crippen LogP contribution < -0.4 is 9.47 Å². The van der Waals surface area contributed by atoms with E-state index in [1.165, 1.54) is 19.3 Å². The summed E-state index contributed by atoms with van der Waals surface area (Å²) in [6, 6.07) is 8.04. The lowest BCUT2D eigenvalue weighted by molar-refractivity contribution is -0.120. The molecule has 1 aromatic carbocycles. The van der Waals surface area contributed by atoms with E-state index in [4.69, 9.17) is 9.47 Å². The van der Waals surface area contributed by atoms with Crippen LogP contribution in [0.25, 0.3) is 0 Å². The van der Waals surface area contributed by atoms with Crippen molar-refractivity contribution in [3.8, 4) is 11.5 Å². The Bertz CT molecular complexity index is 388. The minimum atomic E-state index is -0.285. The molecule has 0 radical (unpaired) electrons. The fourth-order valence-corrected chi connectivity index (χ4v) is 3.49. The predicted molar refractivity (Wildman–Crippen MR) is 55.9 cm³/mol. The third-order valence-electron chi connectivity index (χ3n) is 4.15. The maximum Gasteiger partial charge on any atom is 0.254 e. The first-order chi connectivity index (χ1) is 7.36. The van der Waals surface area contributed by atoms with Gasteiger partial charge < -0.3 is 9.47 Å². The second kappa shape index (κ2) is 2.49. The van der Waals surface area contributed by atoms with Crippen LogP contribution in [-0.4, -0.2) is 5.79 Å². The van der Waals surface area contributed by atoms with E-state index in [0.717, 1.165) is 23.8 Å². The number of rotatable bonds is 0. The third-order valence-corrected chi connectivity index (χ3v) is 4.15. The lowest BCUT2D eigenvalue weighted by atomic mass is 9.94. The molecule has 1 spiro atoms. The molecule has 0 aromatic heterocycles. The summed E-state index contributed by atoms with van der Waals surface area (Å²) in [7, 11) is 0. The van der Waals surface area contributed by atoms with Crippen molar-refractivity contribution in [1.82, 2.24) is 0 Å². The summed E-state index contributed by atoms with van der Waals surface area (Å²) in [6.45, 7) is 0. The van der Waals surface area contributed by atoms with Gasteiger partial charge >= 0.3 is 0 Å². The van der Waals surface area contributed by atoms with Crippen molar-refractivity contribution in [2.75, 3.05) is 0 Å². The number of para-hydroxylation sites is 2. The van der Waals surface area contributed by atoms with Crippen LogP contribution in [0.2, 0.25) is 0 Å². The van der Waals surface area contributed by atoms with Gasteiger partial charge in [0.25, 0.3) is 5.79 Å². The Morgan fingerprint density at radius 3 is 2.33 bits per heavy atom. The van der Waals surface area contributed by atoms with Crippen LogP contribution in [0, 0.1) is 11.8 Å². The average molecular weight is 202 g/mol. The average Bonchev–Trinajstić information content (AvgIpc) is 2.89. The fourth-order valence-electron chi connectivity index (χ4n) is 3.49. The number of ether oxygens (including phenoxy) is 2. The van der Waals surface area contributed by atoms with Crippen LogP contribution in [0.15, 0.2) is 24.3 Å². The molecule has 2 heteroatoms. The van der Waals surface area contributed by atoms with E-state index in [1.807, 2.05) is 24.3 Å². The monoisotopic (exact) mass is 202 g/mol. The Labute approximate surface area is 89.2 Å². The third kappa shape index (κ3) is 0.947. The largest absolute Gasteiger partial charge is 0.448 e. The van der Waals surface area contributed by atoms with Crippen LogP contribution in [0.5, 0.6) is 11.5 Å². The summed E-state index contributed by atoms with van der Waals surface area (Å²) in [6.07, 6.45) is 5.04. The molecule has 15 heavy (non-hydrogen) atoms. The molecule has 2 unspecified atom stereocenters. The molecule has 3 aliphatic rings. The molecule has 0 amide bonds. The van der Waals surface area contributed by atoms with Gasteiger partial charge in [-0.3, -0.25) is 0 Å². The topological polar surface area (TPSA) is 18.5 Å². The van der Waals surface area contributed by atoms with Crippen LogP contribution in [0.1, 0.15) is 25.7 Å². The molecule has 2 atom stereocenters. The Hall–Kier alpha value is -1.18. The number of benzene rings is 1. The van der Waals surface area contributed by atoms with Gasteiger partial charge in [-0.1, -0.05) is 12.1 Å². The minimum Gasteiger partial charge on any atom is -0.448 e. The first-order valence-corrected chi connectivity index (χ1v) is 5.83. The highest BCUT2D eigenvalue weighted by Gasteiger charge is 2.57. The normalized spacial score (nSPS) is 33.9. The van der Waals surface area contributed by atoms with Crippen molar-refractivity contribution < 1.29 is 9.47 Å². The smallest absolute Gasteiger partial charge is 0.254 e. The Kier molecular flexibility index (Phi) is 1.33. The first-order valence-electron chi connectivity index (χ1n) is 5.83. The van der Waals surface area contributed by atoms with Crippen molar-refractivity contribution in [3.05, 3.63) is 24.3 Å². The maximum atomic E-state index is 6.07. The molecule has 4 rings (SSSR count). The van der Waals surface area contributed by atoms with Gasteiger partial charge in [0, 0.05) is 12.3 Å². The predicted octanol–water partition coefficient (Wildman–Crippen LogP) is 2.97. The molecule has 2 nitrogen and oxygen atoms in total. The molecule has 1 aromatic rings. The molecule has 2 fully saturated rings. The van der Waals surface area contributed by atoms with Gasteiger partial charge in [0.15, 0.2) is 11.5 Å². The molecule has 2 aliphatic carbocycles. The van der Waals surface area contributed by atoms with Crippen molar-refractivity contribution in [2.45, 2.75) is 31.5 Å². The zero-order valence-electron chi connectivity index (χ0n) is 8.61. The molecular weight excluding hydrogens is 188 g/mol. The van der Waals surface area contributed by atoms with Gasteiger partial charge in [-0.15, -0.1) is 0 Å². The second-order valence-corrected chi connectivity index (χ2v) is 5.04. The highest BCUT2D eigenvalue weighted by molar-refractivity contribution is 5.43. The summed E-state index contributed by atoms with van der Waals surface area (Å²) in [4.78, 5) is 0. The number of hydrogen-bond acceptors (Lipinski definition) is 2. The van der Waals surface area contributed by atoms with Gasteiger partial charge in [0.2, 0.25) is 0 Å². The van der Waals surface area contributed by atoms with Crippen LogP contribution in [0.3, 0.4) is 0 Å². The molecule has 0 N–H and O–H groups in total. The van der Waals surface area contributed by atoms with E-state index in [1.54, 1.807) is 0 Å². The molecule has 0 saturated heterocycles. The van der Waals surface area contributed by atoms with Crippen molar-refractivity contribution in [1.29, 1.82) is 0 Å². The minimum absolute atomic E-state index is 0.285. The summed E-state index contributed by atoms with van der Waals surface area (Å²) in [5.41, 5.74) is 0. The molecule has 78 valence electrons. The first kappa shape index (κ1) is 8.03. The van der Waals surface area contributed by atoms with Crippen LogP contribution in [0.4, 0.5) is 0 Å². The maximum absolute atomic E-state index is 6.07. The Balaban J connectivity index is 1.74. The second-order valence-electron chi connectivity index (χ2n) is 5.04. The van der Waals surface area contributed by atoms with E-state index < -0.39 is 0 Å². The van der Waals surface area contributed by atoms with Crippen LogP contribution in [-0.2, 0) is 0 Å². The summed E-state index contributed by atoms with van der Waals surface area (Å²) >= 11 is 0. The number of hydrogen-bond donors (Lipinski definition) is 0. The molecule has 2 bridgehead atoms. The highest BCUT2D eigenvalue weighted by atomic mass is 16.7. The molecule has 2 saturated carbocycles. The van der Waals surface area contributed by atoms with E-state index in [9.17, 15) is 0 Å². The van der Waals surface area contributed by atoms with E-state index in [-0.39, 0.29) is 5.79 Å². The van der Waals surface area contributed by atoms with Gasteiger partial charge in [-0.25, -0.2) is 0 Å². The van der Waals surface area contributed by atoms with Crippen molar-refractivity contribution >= 4 is 0 Å². The van der Waals surface area contributed by atoms with Crippen molar-refractivity contribution in [2.24, 2.45) is 11.8 Å². The van der Waals surface area contributed by atoms with Gasteiger partial charge in [-0.2, -0.15) is 0 Å². The highest BCUT2D eigenvalue weighted by Crippen LogP contribution is 2.57. The lowest BCUT2D eigenvalue weighted by Gasteiger charge is -2.31. The van der Waals surface area contributed by atoms with Gasteiger partial charge in [0.05, 0.1) is 0 Å². The SMILES string of the molecule is c1ccc2c(c1)OC1(CC3CCC1C3)O2. The van der Waals surface area contributed by atoms with Gasteiger partial charge in [0.1, 0.15) is 0 Å².